The van der Waals surface area contributed by atoms with Crippen LogP contribution in [0.1, 0.15) is 23.8 Å². The maximum Gasteiger partial charge on any atom is 0.272 e. The number of carbonyl (C=O) groups excluding carboxylic acids is 1. The fourth-order valence-electron chi connectivity index (χ4n) is 2.29. The number of hydrogen-bond donors (Lipinski definition) is 2. The molecule has 0 fully saturated rings. The lowest BCUT2D eigenvalue weighted by molar-refractivity contribution is 0.0721. The third-order valence-electron chi connectivity index (χ3n) is 3.46. The normalized spacial score (nSPS) is 13.6. The Balaban J connectivity index is 2.17. The molecule has 1 heterocycles. The Labute approximate surface area is 133 Å². The summed E-state index contributed by atoms with van der Waals surface area (Å²) in [7, 11) is 1.52. The Morgan fingerprint density at radius 3 is 2.83 bits per heavy atom. The average molecular weight is 321 g/mol. The van der Waals surface area contributed by atoms with Crippen LogP contribution in [0.5, 0.6) is 0 Å². The van der Waals surface area contributed by atoms with Crippen LogP contribution in [0.3, 0.4) is 0 Å². The lowest BCUT2D eigenvalue weighted by Gasteiger charge is -2.29. The maximum atomic E-state index is 13.8. The zero-order valence-electron chi connectivity index (χ0n) is 13.1. The Bertz CT molecular complexity index is 666. The molecular formula is C16H20FN3O3. The van der Waals surface area contributed by atoms with Crippen LogP contribution < -0.4 is 5.32 Å². The van der Waals surface area contributed by atoms with Crippen molar-refractivity contribution >= 4 is 5.91 Å². The fraction of sp³-hybridized carbons (Fsp3) is 0.375. The summed E-state index contributed by atoms with van der Waals surface area (Å²) in [5.41, 5.74) is -0.280. The van der Waals surface area contributed by atoms with Crippen LogP contribution in [0.15, 0.2) is 36.5 Å². The minimum atomic E-state index is -0.706. The molecule has 1 unspecified atom stereocenters. The first-order chi connectivity index (χ1) is 11.0. The number of aliphatic hydroxyl groups is 1. The van der Waals surface area contributed by atoms with Crippen LogP contribution in [-0.4, -0.2) is 46.7 Å². The second kappa shape index (κ2) is 7.34. The van der Waals surface area contributed by atoms with Gasteiger partial charge >= 0.3 is 0 Å². The minimum Gasteiger partial charge on any atom is -0.396 e. The van der Waals surface area contributed by atoms with Crippen molar-refractivity contribution in [2.24, 2.45) is 0 Å². The molecule has 0 bridgehead atoms. The van der Waals surface area contributed by atoms with Crippen molar-refractivity contribution in [3.63, 3.8) is 0 Å². The van der Waals surface area contributed by atoms with Gasteiger partial charge in [-0.05, 0) is 31.5 Å². The quantitative estimate of drug-likeness (QED) is 0.811. The van der Waals surface area contributed by atoms with Gasteiger partial charge in [0.1, 0.15) is 11.5 Å². The number of para-hydroxylation sites is 1. The van der Waals surface area contributed by atoms with Gasteiger partial charge in [0.25, 0.3) is 5.91 Å². The molecule has 0 aliphatic carbocycles. The van der Waals surface area contributed by atoms with Gasteiger partial charge < -0.3 is 15.2 Å². The van der Waals surface area contributed by atoms with Gasteiger partial charge in [-0.2, -0.15) is 5.10 Å². The first-order valence-electron chi connectivity index (χ1n) is 7.22. The summed E-state index contributed by atoms with van der Waals surface area (Å²) in [6.07, 6.45) is 1.87. The zero-order valence-corrected chi connectivity index (χ0v) is 13.1. The molecule has 1 amide bonds. The molecule has 2 N–H and O–H groups in total. The number of halogens is 1. The monoisotopic (exact) mass is 321 g/mol. The molecular weight excluding hydrogens is 301 g/mol. The number of aromatic nitrogens is 2. The number of aliphatic hydroxyl groups excluding tert-OH is 1. The molecule has 1 atom stereocenters. The van der Waals surface area contributed by atoms with Crippen LogP contribution in [-0.2, 0) is 4.74 Å². The fourth-order valence-corrected chi connectivity index (χ4v) is 2.29. The Morgan fingerprint density at radius 1 is 1.43 bits per heavy atom. The largest absolute Gasteiger partial charge is 0.396 e. The highest BCUT2D eigenvalue weighted by molar-refractivity contribution is 5.92. The van der Waals surface area contributed by atoms with E-state index < -0.39 is 17.3 Å². The summed E-state index contributed by atoms with van der Waals surface area (Å²) < 4.78 is 20.1. The van der Waals surface area contributed by atoms with Crippen molar-refractivity contribution in [2.45, 2.75) is 18.9 Å². The molecule has 2 rings (SSSR count). The van der Waals surface area contributed by atoms with E-state index in [1.807, 2.05) is 0 Å². The topological polar surface area (TPSA) is 76.4 Å². The van der Waals surface area contributed by atoms with Crippen LogP contribution in [0.4, 0.5) is 4.39 Å². The third kappa shape index (κ3) is 4.14. The van der Waals surface area contributed by atoms with Crippen molar-refractivity contribution in [3.8, 4) is 5.69 Å². The van der Waals surface area contributed by atoms with E-state index in [9.17, 15) is 9.18 Å². The molecule has 0 saturated carbocycles. The van der Waals surface area contributed by atoms with Gasteiger partial charge in [-0.3, -0.25) is 4.79 Å². The number of carbonyl (C=O) groups is 1. The Kier molecular flexibility index (Phi) is 5.46. The standard InChI is InChI=1S/C16H20FN3O3/c1-16(8-10-21,11-23-2)18-15(22)13-7-9-20(19-13)14-6-4-3-5-12(14)17/h3-7,9,21H,8,10-11H2,1-2H3,(H,18,22). The highest BCUT2D eigenvalue weighted by atomic mass is 19.1. The third-order valence-corrected chi connectivity index (χ3v) is 3.46. The smallest absolute Gasteiger partial charge is 0.272 e. The number of methoxy groups -OCH3 is 1. The van der Waals surface area contributed by atoms with Crippen LogP contribution in [0.25, 0.3) is 5.69 Å². The van der Waals surface area contributed by atoms with Crippen molar-refractivity contribution < 1.29 is 19.0 Å². The number of nitrogens with zero attached hydrogens (tertiary/aromatic N) is 2. The van der Waals surface area contributed by atoms with Crippen LogP contribution in [0, 0.1) is 5.82 Å². The van der Waals surface area contributed by atoms with Gasteiger partial charge in [0.2, 0.25) is 0 Å². The predicted octanol–water partition coefficient (Wildman–Crippen LogP) is 1.53. The molecule has 0 spiro atoms. The zero-order chi connectivity index (χ0) is 16.9. The number of ether oxygens (including phenoxy) is 1. The van der Waals surface area contributed by atoms with E-state index in [-0.39, 0.29) is 24.6 Å². The molecule has 124 valence electrons. The van der Waals surface area contributed by atoms with E-state index in [2.05, 4.69) is 10.4 Å². The van der Waals surface area contributed by atoms with Gasteiger partial charge in [0.15, 0.2) is 5.69 Å². The second-order valence-electron chi connectivity index (χ2n) is 5.52. The van der Waals surface area contributed by atoms with E-state index >= 15 is 0 Å². The summed E-state index contributed by atoms with van der Waals surface area (Å²) in [4.78, 5) is 12.3. The minimum absolute atomic E-state index is 0.0796. The number of nitrogens with one attached hydrogen (secondary N) is 1. The first-order valence-corrected chi connectivity index (χ1v) is 7.22. The molecule has 6 nitrogen and oxygen atoms in total. The van der Waals surface area contributed by atoms with Gasteiger partial charge in [-0.1, -0.05) is 12.1 Å². The van der Waals surface area contributed by atoms with Gasteiger partial charge in [-0.15, -0.1) is 0 Å². The predicted molar refractivity (Wildman–Crippen MR) is 83.0 cm³/mol. The van der Waals surface area contributed by atoms with Gasteiger partial charge in [-0.25, -0.2) is 9.07 Å². The lowest BCUT2D eigenvalue weighted by atomic mass is 9.99. The average Bonchev–Trinajstić information content (AvgIpc) is 2.97. The maximum absolute atomic E-state index is 13.8. The van der Waals surface area contributed by atoms with Gasteiger partial charge in [0, 0.05) is 19.9 Å². The molecule has 0 aliphatic rings. The lowest BCUT2D eigenvalue weighted by Crippen LogP contribution is -2.50. The van der Waals surface area contributed by atoms with E-state index in [0.29, 0.717) is 6.42 Å². The number of hydrogen-bond acceptors (Lipinski definition) is 4. The van der Waals surface area contributed by atoms with Crippen molar-refractivity contribution in [1.29, 1.82) is 0 Å². The molecule has 0 saturated heterocycles. The molecule has 2 aromatic rings. The van der Waals surface area contributed by atoms with Crippen LogP contribution in [0.2, 0.25) is 0 Å². The highest BCUT2D eigenvalue weighted by Gasteiger charge is 2.27. The highest BCUT2D eigenvalue weighted by Crippen LogP contribution is 2.14. The van der Waals surface area contributed by atoms with Crippen molar-refractivity contribution in [1.82, 2.24) is 15.1 Å². The van der Waals surface area contributed by atoms with E-state index in [0.717, 1.165) is 0 Å². The summed E-state index contributed by atoms with van der Waals surface area (Å²) in [6.45, 7) is 1.95. The number of amides is 1. The van der Waals surface area contributed by atoms with Crippen LogP contribution >= 0.6 is 0 Å². The molecule has 1 aromatic heterocycles. The SMILES string of the molecule is COCC(C)(CCO)NC(=O)c1ccn(-c2ccccc2F)n1. The van der Waals surface area contributed by atoms with E-state index in [1.54, 1.807) is 25.1 Å². The summed E-state index contributed by atoms with van der Waals surface area (Å²) in [6, 6.07) is 7.68. The molecule has 7 heteroatoms. The van der Waals surface area contributed by atoms with Crippen molar-refractivity contribution in [2.75, 3.05) is 20.3 Å². The summed E-state index contributed by atoms with van der Waals surface area (Å²) in [5, 5.41) is 16.0. The molecule has 0 radical (unpaired) electrons. The molecule has 1 aromatic carbocycles. The van der Waals surface area contributed by atoms with E-state index in [4.69, 9.17) is 9.84 Å². The Morgan fingerprint density at radius 2 is 2.17 bits per heavy atom. The summed E-state index contributed by atoms with van der Waals surface area (Å²) >= 11 is 0. The molecule has 23 heavy (non-hydrogen) atoms. The first kappa shape index (κ1) is 17.1. The van der Waals surface area contributed by atoms with Crippen molar-refractivity contribution in [3.05, 3.63) is 48.0 Å². The number of rotatable bonds is 7. The van der Waals surface area contributed by atoms with Gasteiger partial charge in [0.05, 0.1) is 12.1 Å². The van der Waals surface area contributed by atoms with E-state index in [1.165, 1.54) is 30.1 Å². The molecule has 0 aliphatic heterocycles. The Hall–Kier alpha value is -2.25. The second-order valence-corrected chi connectivity index (χ2v) is 5.52. The summed E-state index contributed by atoms with van der Waals surface area (Å²) in [5.74, 6) is -0.833. The number of benzene rings is 1.